The van der Waals surface area contributed by atoms with Gasteiger partial charge in [0.15, 0.2) is 11.4 Å². The van der Waals surface area contributed by atoms with Crippen LogP contribution in [-0.2, 0) is 0 Å². The summed E-state index contributed by atoms with van der Waals surface area (Å²) in [4.78, 5) is 20.1. The molecule has 1 N–H and O–H groups in total. The van der Waals surface area contributed by atoms with E-state index in [0.29, 0.717) is 17.4 Å². The number of nitrogens with zero attached hydrogens (tertiary/aromatic N) is 4. The van der Waals surface area contributed by atoms with Gasteiger partial charge in [-0.15, -0.1) is 0 Å². The van der Waals surface area contributed by atoms with Gasteiger partial charge in [-0.1, -0.05) is 19.3 Å². The second-order valence-electron chi connectivity index (χ2n) is 7.61. The molecule has 0 bridgehead atoms. The van der Waals surface area contributed by atoms with Gasteiger partial charge >= 0.3 is 5.69 Å². The van der Waals surface area contributed by atoms with Crippen molar-refractivity contribution in [1.82, 2.24) is 24.1 Å². The summed E-state index contributed by atoms with van der Waals surface area (Å²) in [6.45, 7) is 2.07. The lowest BCUT2D eigenvalue weighted by Crippen LogP contribution is -2.24. The number of methoxy groups -OCH3 is 1. The van der Waals surface area contributed by atoms with E-state index in [1.165, 1.54) is 25.6 Å². The Morgan fingerprint density at radius 1 is 1.14 bits per heavy atom. The minimum atomic E-state index is -0.00791. The van der Waals surface area contributed by atoms with Gasteiger partial charge in [0.25, 0.3) is 0 Å². The number of aromatic nitrogens is 5. The Morgan fingerprint density at radius 2 is 1.96 bits per heavy atom. The zero-order valence-electron chi connectivity index (χ0n) is 16.1. The molecule has 1 aliphatic carbocycles. The average Bonchev–Trinajstić information content (AvgIpc) is 3.31. The third kappa shape index (κ3) is 2.61. The van der Waals surface area contributed by atoms with Crippen molar-refractivity contribution < 1.29 is 4.74 Å². The Bertz CT molecular complexity index is 1230. The van der Waals surface area contributed by atoms with Gasteiger partial charge in [0.05, 0.1) is 18.1 Å². The van der Waals surface area contributed by atoms with Crippen molar-refractivity contribution in [3.8, 4) is 16.9 Å². The number of fused-ring (bicyclic) bond motifs is 2. The van der Waals surface area contributed by atoms with E-state index in [4.69, 9.17) is 4.74 Å². The zero-order chi connectivity index (χ0) is 19.3. The lowest BCUT2D eigenvalue weighted by atomic mass is 9.95. The van der Waals surface area contributed by atoms with E-state index in [-0.39, 0.29) is 5.69 Å². The number of aromatic amines is 1. The summed E-state index contributed by atoms with van der Waals surface area (Å²) in [6, 6.07) is 6.43. The number of aryl methyl sites for hydroxylation is 1. The summed E-state index contributed by atoms with van der Waals surface area (Å²) in [7, 11) is 1.63. The minimum absolute atomic E-state index is 0.00791. The third-order valence-electron chi connectivity index (χ3n) is 5.84. The predicted octanol–water partition coefficient (Wildman–Crippen LogP) is 3.86. The van der Waals surface area contributed by atoms with E-state index in [2.05, 4.69) is 28.1 Å². The van der Waals surface area contributed by atoms with Crippen LogP contribution in [0.5, 0.6) is 5.75 Å². The van der Waals surface area contributed by atoms with Crippen molar-refractivity contribution in [2.24, 2.45) is 0 Å². The van der Waals surface area contributed by atoms with Gasteiger partial charge in [-0.2, -0.15) is 5.10 Å². The fourth-order valence-corrected chi connectivity index (χ4v) is 4.53. The van der Waals surface area contributed by atoms with Crippen LogP contribution in [0.25, 0.3) is 27.8 Å². The highest BCUT2D eigenvalue weighted by molar-refractivity contribution is 5.85. The van der Waals surface area contributed by atoms with E-state index in [1.54, 1.807) is 11.6 Å². The molecule has 1 saturated carbocycles. The lowest BCUT2D eigenvalue weighted by molar-refractivity contribution is 0.353. The van der Waals surface area contributed by atoms with E-state index < -0.39 is 0 Å². The molecule has 7 heteroatoms. The fourth-order valence-electron chi connectivity index (χ4n) is 4.53. The Hall–Kier alpha value is -3.09. The molecule has 1 aromatic carbocycles. The van der Waals surface area contributed by atoms with Crippen molar-refractivity contribution in [3.63, 3.8) is 0 Å². The number of hydrogen-bond donors (Lipinski definition) is 1. The Balaban J connectivity index is 1.67. The summed E-state index contributed by atoms with van der Waals surface area (Å²) in [6.07, 6.45) is 9.25. The number of pyridine rings is 1. The van der Waals surface area contributed by atoms with Crippen molar-refractivity contribution in [1.29, 1.82) is 0 Å². The maximum atomic E-state index is 12.7. The number of benzene rings is 1. The molecule has 4 aromatic rings. The van der Waals surface area contributed by atoms with Crippen LogP contribution in [0.4, 0.5) is 0 Å². The van der Waals surface area contributed by atoms with Crippen molar-refractivity contribution in [3.05, 3.63) is 46.8 Å². The van der Waals surface area contributed by atoms with Gasteiger partial charge in [-0.3, -0.25) is 4.57 Å². The van der Waals surface area contributed by atoms with Crippen LogP contribution in [0.2, 0.25) is 0 Å². The number of rotatable bonds is 3. The molecule has 3 aromatic heterocycles. The monoisotopic (exact) mass is 377 g/mol. The third-order valence-corrected chi connectivity index (χ3v) is 5.84. The molecule has 7 nitrogen and oxygen atoms in total. The molecule has 0 atom stereocenters. The van der Waals surface area contributed by atoms with Crippen LogP contribution in [0.3, 0.4) is 0 Å². The second kappa shape index (κ2) is 6.51. The van der Waals surface area contributed by atoms with Gasteiger partial charge in [-0.05, 0) is 49.1 Å². The SMILES string of the molecule is COc1cc(-c2cc(C)c3c(c2)[nH]c(=O)n3C2CCCCC2)cn2ncnc12. The average molecular weight is 377 g/mol. The Morgan fingerprint density at radius 3 is 2.75 bits per heavy atom. The fraction of sp³-hybridized carbons (Fsp3) is 0.381. The lowest BCUT2D eigenvalue weighted by Gasteiger charge is -2.23. The second-order valence-corrected chi connectivity index (χ2v) is 7.61. The molecular formula is C21H23N5O2. The smallest absolute Gasteiger partial charge is 0.326 e. The van der Waals surface area contributed by atoms with E-state index >= 15 is 0 Å². The van der Waals surface area contributed by atoms with Crippen LogP contribution >= 0.6 is 0 Å². The van der Waals surface area contributed by atoms with Gasteiger partial charge < -0.3 is 9.72 Å². The quantitative estimate of drug-likeness (QED) is 0.588. The molecule has 0 radical (unpaired) electrons. The van der Waals surface area contributed by atoms with Crippen molar-refractivity contribution in [2.45, 2.75) is 45.1 Å². The molecule has 0 amide bonds. The maximum Gasteiger partial charge on any atom is 0.326 e. The molecule has 1 aliphatic rings. The maximum absolute atomic E-state index is 12.7. The van der Waals surface area contributed by atoms with E-state index in [0.717, 1.165) is 40.6 Å². The Labute approximate surface area is 162 Å². The van der Waals surface area contributed by atoms with Gasteiger partial charge in [0.1, 0.15) is 6.33 Å². The molecule has 1 fully saturated rings. The number of H-pyrrole nitrogens is 1. The van der Waals surface area contributed by atoms with Crippen LogP contribution in [0.15, 0.2) is 35.5 Å². The van der Waals surface area contributed by atoms with E-state index in [9.17, 15) is 4.79 Å². The van der Waals surface area contributed by atoms with Gasteiger partial charge in [0, 0.05) is 17.8 Å². The molecule has 144 valence electrons. The summed E-state index contributed by atoms with van der Waals surface area (Å²) < 4.78 is 9.18. The topological polar surface area (TPSA) is 77.2 Å². The molecule has 0 aliphatic heterocycles. The summed E-state index contributed by atoms with van der Waals surface area (Å²) in [5.41, 5.74) is 5.64. The zero-order valence-corrected chi connectivity index (χ0v) is 16.1. The van der Waals surface area contributed by atoms with Crippen LogP contribution in [0, 0.1) is 6.92 Å². The number of nitrogens with one attached hydrogen (secondary N) is 1. The van der Waals surface area contributed by atoms with E-state index in [1.807, 2.05) is 22.9 Å². The minimum Gasteiger partial charge on any atom is -0.493 e. The first kappa shape index (κ1) is 17.0. The standard InChI is InChI=1S/C21H23N5O2/c1-13-8-14(15-10-18(28-2)20-22-12-23-25(20)11-15)9-17-19(13)26(21(27)24-17)16-6-4-3-5-7-16/h8-12,16H,3-7H2,1-2H3,(H,24,27). The highest BCUT2D eigenvalue weighted by Gasteiger charge is 2.21. The Kier molecular flexibility index (Phi) is 3.96. The molecule has 5 rings (SSSR count). The highest BCUT2D eigenvalue weighted by atomic mass is 16.5. The summed E-state index contributed by atoms with van der Waals surface area (Å²) >= 11 is 0. The van der Waals surface area contributed by atoms with Crippen molar-refractivity contribution >= 4 is 16.7 Å². The molecule has 0 saturated heterocycles. The summed E-state index contributed by atoms with van der Waals surface area (Å²) in [5.74, 6) is 0.668. The van der Waals surface area contributed by atoms with Crippen molar-refractivity contribution in [2.75, 3.05) is 7.11 Å². The van der Waals surface area contributed by atoms with Gasteiger partial charge in [0.2, 0.25) is 0 Å². The largest absolute Gasteiger partial charge is 0.493 e. The molecule has 3 heterocycles. The van der Waals surface area contributed by atoms with Crippen LogP contribution in [-0.4, -0.2) is 31.3 Å². The summed E-state index contributed by atoms with van der Waals surface area (Å²) in [5, 5.41) is 4.24. The number of ether oxygens (including phenoxy) is 1. The molecular weight excluding hydrogens is 354 g/mol. The highest BCUT2D eigenvalue weighted by Crippen LogP contribution is 2.33. The first-order valence-electron chi connectivity index (χ1n) is 9.78. The number of hydrogen-bond acceptors (Lipinski definition) is 4. The number of imidazole rings is 1. The molecule has 28 heavy (non-hydrogen) atoms. The normalized spacial score (nSPS) is 15.5. The first-order valence-corrected chi connectivity index (χ1v) is 9.78. The molecule has 0 unspecified atom stereocenters. The predicted molar refractivity (Wildman–Crippen MR) is 108 cm³/mol. The first-order chi connectivity index (χ1) is 13.7. The van der Waals surface area contributed by atoms with Gasteiger partial charge in [-0.25, -0.2) is 14.3 Å². The molecule has 0 spiro atoms. The van der Waals surface area contributed by atoms with Crippen LogP contribution < -0.4 is 10.4 Å². The van der Waals surface area contributed by atoms with Crippen LogP contribution in [0.1, 0.15) is 43.7 Å².